The maximum absolute atomic E-state index is 3.18. The highest BCUT2D eigenvalue weighted by atomic mass is 14.6. The molecule has 1 aromatic rings. The summed E-state index contributed by atoms with van der Waals surface area (Å²) in [5, 5.41) is 2.45. The smallest absolute Gasteiger partial charge is 0.0410 e. The van der Waals surface area contributed by atoms with Crippen LogP contribution in [0.4, 0.5) is 0 Å². The molecule has 0 saturated carbocycles. The minimum Gasteiger partial charge on any atom is -0.361 e. The van der Waals surface area contributed by atoms with Gasteiger partial charge in [-0.3, -0.25) is 0 Å². The Bertz CT molecular complexity index is 368. The van der Waals surface area contributed by atoms with Gasteiger partial charge in [-0.2, -0.15) is 0 Å². The van der Waals surface area contributed by atoms with E-state index in [9.17, 15) is 0 Å². The molecule has 13 heavy (non-hydrogen) atoms. The van der Waals surface area contributed by atoms with E-state index in [1.165, 1.54) is 17.0 Å². The van der Waals surface area contributed by atoms with Crippen LogP contribution in [0.5, 0.6) is 0 Å². The van der Waals surface area contributed by atoms with Crippen LogP contribution < -0.4 is 10.6 Å². The van der Waals surface area contributed by atoms with Crippen molar-refractivity contribution in [1.29, 1.82) is 0 Å². The van der Waals surface area contributed by atoms with Crippen molar-refractivity contribution in [3.8, 4) is 0 Å². The van der Waals surface area contributed by atoms with Crippen LogP contribution in [0.25, 0.3) is 12.2 Å². The van der Waals surface area contributed by atoms with Crippen LogP contribution in [-0.2, 0) is 0 Å². The molecule has 0 aliphatic carbocycles. The Kier molecular flexibility index (Phi) is 4.10. The van der Waals surface area contributed by atoms with Gasteiger partial charge in [0.15, 0.2) is 0 Å². The standard InChI is InChI=1S/C12H17N/c1-3-5-6-7-8-11-9-10-13-12(11)4-2/h4,6-10,13H,3,5H2,1-2H3/b7-6?,11-8-,12-4+. The van der Waals surface area contributed by atoms with Crippen molar-refractivity contribution in [3.63, 3.8) is 0 Å². The number of unbranched alkanes of at least 4 members (excludes halogenated alkanes) is 1. The van der Waals surface area contributed by atoms with E-state index in [-0.39, 0.29) is 0 Å². The molecule has 0 amide bonds. The summed E-state index contributed by atoms with van der Waals surface area (Å²) in [4.78, 5) is 3.18. The summed E-state index contributed by atoms with van der Waals surface area (Å²) < 4.78 is 0. The predicted molar refractivity (Wildman–Crippen MR) is 58.7 cm³/mol. The summed E-state index contributed by atoms with van der Waals surface area (Å²) in [5.74, 6) is 0. The first-order valence-electron chi connectivity index (χ1n) is 4.85. The molecule has 70 valence electrons. The van der Waals surface area contributed by atoms with Gasteiger partial charge in [-0.05, 0) is 24.6 Å². The van der Waals surface area contributed by atoms with Crippen LogP contribution in [0, 0.1) is 0 Å². The van der Waals surface area contributed by atoms with Crippen molar-refractivity contribution in [2.24, 2.45) is 0 Å². The fourth-order valence-corrected chi connectivity index (χ4v) is 1.22. The van der Waals surface area contributed by atoms with E-state index in [4.69, 9.17) is 0 Å². The van der Waals surface area contributed by atoms with Crippen molar-refractivity contribution in [2.75, 3.05) is 0 Å². The molecule has 0 spiro atoms. The molecular weight excluding hydrogens is 158 g/mol. The summed E-state index contributed by atoms with van der Waals surface area (Å²) in [6, 6.07) is 2.09. The first-order chi connectivity index (χ1) is 6.38. The van der Waals surface area contributed by atoms with Gasteiger partial charge in [0.1, 0.15) is 0 Å². The average molecular weight is 175 g/mol. The first-order valence-corrected chi connectivity index (χ1v) is 4.85. The fraction of sp³-hybridized carbons (Fsp3) is 0.333. The van der Waals surface area contributed by atoms with Gasteiger partial charge >= 0.3 is 0 Å². The van der Waals surface area contributed by atoms with E-state index >= 15 is 0 Å². The Labute approximate surface area is 79.5 Å². The molecule has 1 nitrogen and oxygen atoms in total. The molecule has 0 aromatic carbocycles. The largest absolute Gasteiger partial charge is 0.361 e. The molecule has 0 radical (unpaired) electrons. The maximum atomic E-state index is 3.18. The lowest BCUT2D eigenvalue weighted by Crippen LogP contribution is -2.20. The highest BCUT2D eigenvalue weighted by molar-refractivity contribution is 5.37. The number of H-pyrrole nitrogens is 1. The molecule has 1 rings (SSSR count). The van der Waals surface area contributed by atoms with Gasteiger partial charge in [-0.25, -0.2) is 0 Å². The Balaban J connectivity index is 2.82. The first kappa shape index (κ1) is 9.85. The zero-order chi connectivity index (χ0) is 9.52. The van der Waals surface area contributed by atoms with Crippen LogP contribution in [0.15, 0.2) is 24.4 Å². The van der Waals surface area contributed by atoms with Crippen LogP contribution in [0.2, 0.25) is 0 Å². The number of hydrogen-bond donors (Lipinski definition) is 1. The fourth-order valence-electron chi connectivity index (χ4n) is 1.22. The molecule has 0 aliphatic rings. The molecule has 0 bridgehead atoms. The molecule has 1 heterocycles. The SMILES string of the molecule is C/C=c1/[nH]cc/c1=C/C=CCCC. The third-order valence-electron chi connectivity index (χ3n) is 1.97. The Hall–Kier alpha value is -1.24. The van der Waals surface area contributed by atoms with Crippen molar-refractivity contribution >= 4 is 12.2 Å². The van der Waals surface area contributed by atoms with E-state index in [0.717, 1.165) is 6.42 Å². The van der Waals surface area contributed by atoms with Gasteiger partial charge in [-0.1, -0.05) is 37.6 Å². The molecule has 1 aromatic heterocycles. The topological polar surface area (TPSA) is 15.8 Å². The highest BCUT2D eigenvalue weighted by Gasteiger charge is 1.80. The van der Waals surface area contributed by atoms with Crippen LogP contribution in [-0.4, -0.2) is 4.98 Å². The van der Waals surface area contributed by atoms with Gasteiger partial charge in [0.05, 0.1) is 0 Å². The number of rotatable bonds is 3. The highest BCUT2D eigenvalue weighted by Crippen LogP contribution is 1.87. The Morgan fingerprint density at radius 3 is 3.00 bits per heavy atom. The van der Waals surface area contributed by atoms with Gasteiger partial charge in [0.25, 0.3) is 0 Å². The normalized spacial score (nSPS) is 14.6. The van der Waals surface area contributed by atoms with Gasteiger partial charge in [0, 0.05) is 11.5 Å². The summed E-state index contributed by atoms with van der Waals surface area (Å²) in [6.45, 7) is 4.23. The number of aromatic amines is 1. The van der Waals surface area contributed by atoms with Gasteiger partial charge in [0.2, 0.25) is 0 Å². The lowest BCUT2D eigenvalue weighted by atomic mass is 10.3. The van der Waals surface area contributed by atoms with E-state index in [0.29, 0.717) is 0 Å². The van der Waals surface area contributed by atoms with E-state index in [2.05, 4.69) is 42.3 Å². The zero-order valence-electron chi connectivity index (χ0n) is 8.38. The number of hydrogen-bond acceptors (Lipinski definition) is 0. The van der Waals surface area contributed by atoms with Crippen molar-refractivity contribution < 1.29 is 0 Å². The predicted octanol–water partition coefficient (Wildman–Crippen LogP) is 1.95. The molecule has 1 N–H and O–H groups in total. The molecule has 0 unspecified atom stereocenters. The molecule has 1 heteroatoms. The zero-order valence-corrected chi connectivity index (χ0v) is 8.38. The summed E-state index contributed by atoms with van der Waals surface area (Å²) >= 11 is 0. The van der Waals surface area contributed by atoms with Crippen LogP contribution in [0.3, 0.4) is 0 Å². The van der Waals surface area contributed by atoms with E-state index in [1.807, 2.05) is 13.1 Å². The number of aromatic nitrogens is 1. The molecule has 0 saturated heterocycles. The number of allylic oxidation sites excluding steroid dienone is 2. The lowest BCUT2D eigenvalue weighted by molar-refractivity contribution is 0.959. The Morgan fingerprint density at radius 2 is 2.31 bits per heavy atom. The second-order valence-electron chi connectivity index (χ2n) is 3.02. The monoisotopic (exact) mass is 175 g/mol. The Morgan fingerprint density at radius 1 is 1.46 bits per heavy atom. The van der Waals surface area contributed by atoms with Crippen molar-refractivity contribution in [2.45, 2.75) is 26.7 Å². The second-order valence-corrected chi connectivity index (χ2v) is 3.02. The van der Waals surface area contributed by atoms with Crippen LogP contribution >= 0.6 is 0 Å². The van der Waals surface area contributed by atoms with Gasteiger partial charge < -0.3 is 4.98 Å². The number of nitrogens with one attached hydrogen (secondary N) is 1. The lowest BCUT2D eigenvalue weighted by Gasteiger charge is -1.80. The quantitative estimate of drug-likeness (QED) is 0.722. The average Bonchev–Trinajstić information content (AvgIpc) is 2.60. The molecular formula is C12H17N. The molecule has 0 atom stereocenters. The summed E-state index contributed by atoms with van der Waals surface area (Å²) in [6.07, 6.45) is 12.9. The molecule has 0 aliphatic heterocycles. The van der Waals surface area contributed by atoms with E-state index < -0.39 is 0 Å². The minimum atomic E-state index is 1.16. The summed E-state index contributed by atoms with van der Waals surface area (Å²) in [7, 11) is 0. The maximum Gasteiger partial charge on any atom is 0.0410 e. The minimum absolute atomic E-state index is 1.16. The van der Waals surface area contributed by atoms with Gasteiger partial charge in [-0.15, -0.1) is 0 Å². The third kappa shape index (κ3) is 2.94. The van der Waals surface area contributed by atoms with Crippen LogP contribution in [0.1, 0.15) is 26.7 Å². The van der Waals surface area contributed by atoms with E-state index in [1.54, 1.807) is 0 Å². The summed E-state index contributed by atoms with van der Waals surface area (Å²) in [5.41, 5.74) is 0. The third-order valence-corrected chi connectivity index (χ3v) is 1.97. The molecule has 0 fully saturated rings. The van der Waals surface area contributed by atoms with Crippen molar-refractivity contribution in [1.82, 2.24) is 4.98 Å². The second kappa shape index (κ2) is 5.41. The van der Waals surface area contributed by atoms with Crippen molar-refractivity contribution in [3.05, 3.63) is 35.0 Å².